The molecule has 0 bridgehead atoms. The molecule has 2 rings (SSSR count). The lowest BCUT2D eigenvalue weighted by Crippen LogP contribution is -2.30. The van der Waals surface area contributed by atoms with E-state index in [1.807, 2.05) is 26.0 Å². The molecule has 2 aromatic carbocycles. The molecule has 0 spiro atoms. The lowest BCUT2D eigenvalue weighted by atomic mass is 10.1. The zero-order valence-electron chi connectivity index (χ0n) is 14.1. The van der Waals surface area contributed by atoms with Crippen molar-refractivity contribution in [3.63, 3.8) is 0 Å². The Bertz CT molecular complexity index is 763. The first-order chi connectivity index (χ1) is 11.3. The van der Waals surface area contributed by atoms with Crippen molar-refractivity contribution in [3.05, 3.63) is 57.6 Å². The first-order valence-corrected chi connectivity index (χ1v) is 8.42. The standard InChI is InChI=1S/C19H20BrNO3/c1-11-8-16(20)9-12(2)18(11)24-14(4)19(23)21-17-7-5-6-15(10-17)13(3)22/h5-10,14H,1-4H3,(H,21,23). The summed E-state index contributed by atoms with van der Waals surface area (Å²) < 4.78 is 6.82. The van der Waals surface area contributed by atoms with Crippen molar-refractivity contribution in [2.75, 3.05) is 5.32 Å². The van der Waals surface area contributed by atoms with Crippen molar-refractivity contribution in [2.45, 2.75) is 33.8 Å². The van der Waals surface area contributed by atoms with Gasteiger partial charge in [0.2, 0.25) is 0 Å². The van der Waals surface area contributed by atoms with E-state index >= 15 is 0 Å². The van der Waals surface area contributed by atoms with Crippen LogP contribution in [0, 0.1) is 13.8 Å². The molecule has 0 aromatic heterocycles. The maximum Gasteiger partial charge on any atom is 0.265 e. The molecule has 0 radical (unpaired) electrons. The highest BCUT2D eigenvalue weighted by atomic mass is 79.9. The smallest absolute Gasteiger partial charge is 0.265 e. The van der Waals surface area contributed by atoms with Crippen LogP contribution in [0.4, 0.5) is 5.69 Å². The fourth-order valence-corrected chi connectivity index (χ4v) is 3.06. The van der Waals surface area contributed by atoms with Gasteiger partial charge in [-0.05, 0) is 63.1 Å². The number of rotatable bonds is 5. The lowest BCUT2D eigenvalue weighted by molar-refractivity contribution is -0.122. The van der Waals surface area contributed by atoms with E-state index in [-0.39, 0.29) is 11.7 Å². The molecular formula is C19H20BrNO3. The van der Waals surface area contributed by atoms with Gasteiger partial charge in [0.25, 0.3) is 5.91 Å². The van der Waals surface area contributed by atoms with E-state index < -0.39 is 6.10 Å². The monoisotopic (exact) mass is 389 g/mol. The van der Waals surface area contributed by atoms with Crippen molar-refractivity contribution in [1.82, 2.24) is 0 Å². The minimum Gasteiger partial charge on any atom is -0.480 e. The number of anilines is 1. The fraction of sp³-hybridized carbons (Fsp3) is 0.263. The number of benzene rings is 2. The molecule has 1 unspecified atom stereocenters. The van der Waals surface area contributed by atoms with Crippen LogP contribution in [0.2, 0.25) is 0 Å². The van der Waals surface area contributed by atoms with Crippen molar-refractivity contribution >= 4 is 33.3 Å². The first kappa shape index (κ1) is 18.2. The summed E-state index contributed by atoms with van der Waals surface area (Å²) in [5.41, 5.74) is 3.05. The molecule has 1 amide bonds. The van der Waals surface area contributed by atoms with Crippen molar-refractivity contribution in [1.29, 1.82) is 0 Å². The Morgan fingerprint density at radius 3 is 2.33 bits per heavy atom. The van der Waals surface area contributed by atoms with Crippen LogP contribution in [-0.2, 0) is 4.79 Å². The zero-order chi connectivity index (χ0) is 17.9. The SMILES string of the molecule is CC(=O)c1cccc(NC(=O)C(C)Oc2c(C)cc(Br)cc2C)c1. The summed E-state index contributed by atoms with van der Waals surface area (Å²) in [6.45, 7) is 7.07. The summed E-state index contributed by atoms with van der Waals surface area (Å²) in [5, 5.41) is 2.78. The number of aryl methyl sites for hydroxylation is 2. The Labute approximate surface area is 150 Å². The number of carbonyl (C=O) groups excluding carboxylic acids is 2. The molecule has 5 heteroatoms. The Kier molecular flexibility index (Phi) is 5.78. The maximum absolute atomic E-state index is 12.4. The number of hydrogen-bond donors (Lipinski definition) is 1. The predicted molar refractivity (Wildman–Crippen MR) is 98.8 cm³/mol. The molecule has 0 aliphatic rings. The first-order valence-electron chi connectivity index (χ1n) is 7.63. The molecule has 126 valence electrons. The molecule has 2 aromatic rings. The van der Waals surface area contributed by atoms with Crippen LogP contribution < -0.4 is 10.1 Å². The predicted octanol–water partition coefficient (Wildman–Crippen LogP) is 4.67. The normalized spacial score (nSPS) is 11.7. The molecule has 0 saturated heterocycles. The van der Waals surface area contributed by atoms with Crippen LogP contribution in [-0.4, -0.2) is 17.8 Å². The van der Waals surface area contributed by atoms with Gasteiger partial charge in [-0.2, -0.15) is 0 Å². The highest BCUT2D eigenvalue weighted by Crippen LogP contribution is 2.28. The Balaban J connectivity index is 2.10. The lowest BCUT2D eigenvalue weighted by Gasteiger charge is -2.18. The second-order valence-corrected chi connectivity index (χ2v) is 6.67. The highest BCUT2D eigenvalue weighted by molar-refractivity contribution is 9.10. The summed E-state index contributed by atoms with van der Waals surface area (Å²) in [5.74, 6) is 0.396. The van der Waals surface area contributed by atoms with Crippen molar-refractivity contribution in [2.24, 2.45) is 0 Å². The molecular weight excluding hydrogens is 370 g/mol. The average molecular weight is 390 g/mol. The van der Waals surface area contributed by atoms with E-state index in [2.05, 4.69) is 21.2 Å². The molecule has 4 nitrogen and oxygen atoms in total. The fourth-order valence-electron chi connectivity index (χ4n) is 2.37. The van der Waals surface area contributed by atoms with Gasteiger partial charge in [-0.1, -0.05) is 28.1 Å². The summed E-state index contributed by atoms with van der Waals surface area (Å²) in [6, 6.07) is 10.7. The number of ether oxygens (including phenoxy) is 1. The van der Waals surface area contributed by atoms with Crippen LogP contribution in [0.5, 0.6) is 5.75 Å². The third-order valence-corrected chi connectivity index (χ3v) is 4.08. The molecule has 1 N–H and O–H groups in total. The van der Waals surface area contributed by atoms with Gasteiger partial charge in [0.15, 0.2) is 11.9 Å². The number of Topliss-reactive ketones (excluding diaryl/α,β-unsaturated/α-hetero) is 1. The van der Waals surface area contributed by atoms with Gasteiger partial charge in [0, 0.05) is 15.7 Å². The van der Waals surface area contributed by atoms with Gasteiger partial charge < -0.3 is 10.1 Å². The average Bonchev–Trinajstić information content (AvgIpc) is 2.50. The maximum atomic E-state index is 12.4. The van der Waals surface area contributed by atoms with Gasteiger partial charge in [-0.3, -0.25) is 9.59 Å². The van der Waals surface area contributed by atoms with Crippen LogP contribution in [0.3, 0.4) is 0 Å². The van der Waals surface area contributed by atoms with Crippen LogP contribution >= 0.6 is 15.9 Å². The van der Waals surface area contributed by atoms with E-state index in [1.165, 1.54) is 6.92 Å². The number of carbonyl (C=O) groups is 2. The number of halogens is 1. The quantitative estimate of drug-likeness (QED) is 0.755. The summed E-state index contributed by atoms with van der Waals surface area (Å²) in [6.07, 6.45) is -0.662. The van der Waals surface area contributed by atoms with Crippen molar-refractivity contribution in [3.8, 4) is 5.75 Å². The van der Waals surface area contributed by atoms with Gasteiger partial charge in [-0.15, -0.1) is 0 Å². The third kappa shape index (κ3) is 4.45. The minimum absolute atomic E-state index is 0.0449. The van der Waals surface area contributed by atoms with Crippen LogP contribution in [0.1, 0.15) is 35.3 Å². The second-order valence-electron chi connectivity index (χ2n) is 5.76. The Hall–Kier alpha value is -2.14. The second kappa shape index (κ2) is 7.62. The molecule has 1 atom stereocenters. The van der Waals surface area contributed by atoms with Crippen molar-refractivity contribution < 1.29 is 14.3 Å². The highest BCUT2D eigenvalue weighted by Gasteiger charge is 2.17. The summed E-state index contributed by atoms with van der Waals surface area (Å²) >= 11 is 3.44. The number of ketones is 1. The van der Waals surface area contributed by atoms with E-state index in [0.29, 0.717) is 17.0 Å². The largest absolute Gasteiger partial charge is 0.480 e. The zero-order valence-corrected chi connectivity index (χ0v) is 15.7. The molecule has 24 heavy (non-hydrogen) atoms. The number of nitrogens with one attached hydrogen (secondary N) is 1. The van der Waals surface area contributed by atoms with Gasteiger partial charge >= 0.3 is 0 Å². The summed E-state index contributed by atoms with van der Waals surface area (Å²) in [4.78, 5) is 23.8. The molecule has 0 saturated carbocycles. The number of amides is 1. The minimum atomic E-state index is -0.662. The van der Waals surface area contributed by atoms with Gasteiger partial charge in [0.1, 0.15) is 5.75 Å². The Morgan fingerprint density at radius 1 is 1.12 bits per heavy atom. The van der Waals surface area contributed by atoms with Crippen LogP contribution in [0.15, 0.2) is 40.9 Å². The number of hydrogen-bond acceptors (Lipinski definition) is 3. The van der Waals surface area contributed by atoms with E-state index in [0.717, 1.165) is 15.6 Å². The van der Waals surface area contributed by atoms with E-state index in [9.17, 15) is 9.59 Å². The molecule has 0 fully saturated rings. The molecule has 0 aliphatic heterocycles. The third-order valence-electron chi connectivity index (χ3n) is 3.63. The van der Waals surface area contributed by atoms with Crippen LogP contribution in [0.25, 0.3) is 0 Å². The van der Waals surface area contributed by atoms with Gasteiger partial charge in [-0.25, -0.2) is 0 Å². The topological polar surface area (TPSA) is 55.4 Å². The molecule has 0 heterocycles. The van der Waals surface area contributed by atoms with Gasteiger partial charge in [0.05, 0.1) is 0 Å². The van der Waals surface area contributed by atoms with E-state index in [4.69, 9.17) is 4.74 Å². The molecule has 0 aliphatic carbocycles. The summed E-state index contributed by atoms with van der Waals surface area (Å²) in [7, 11) is 0. The Morgan fingerprint density at radius 2 is 1.75 bits per heavy atom. The van der Waals surface area contributed by atoms with E-state index in [1.54, 1.807) is 31.2 Å².